The second-order valence-electron chi connectivity index (χ2n) is 4.93. The Hall–Kier alpha value is -0.0300. The van der Waals surface area contributed by atoms with Crippen molar-refractivity contribution in [3.05, 3.63) is 28.2 Å². The van der Waals surface area contributed by atoms with Gasteiger partial charge < -0.3 is 10.4 Å². The minimum absolute atomic E-state index is 0.192. The molecule has 0 saturated carbocycles. The number of hydrogen-bond acceptors (Lipinski definition) is 3. The van der Waals surface area contributed by atoms with Gasteiger partial charge in [-0.05, 0) is 60.4 Å². The summed E-state index contributed by atoms with van der Waals surface area (Å²) in [6.45, 7) is 9.27. The molecule has 1 aromatic carbocycles. The van der Waals surface area contributed by atoms with Gasteiger partial charge in [0.25, 0.3) is 0 Å². The molecule has 0 amide bonds. The zero-order valence-corrected chi connectivity index (χ0v) is 14.5. The van der Waals surface area contributed by atoms with Crippen molar-refractivity contribution in [2.75, 3.05) is 6.54 Å². The second kappa shape index (κ2) is 8.30. The van der Waals surface area contributed by atoms with Crippen LogP contribution in [0.3, 0.4) is 0 Å². The lowest BCUT2D eigenvalue weighted by Crippen LogP contribution is -2.19. The average molecular weight is 346 g/mol. The summed E-state index contributed by atoms with van der Waals surface area (Å²) in [5, 5.41) is 13.2. The first-order valence-corrected chi connectivity index (χ1v) is 8.50. The molecular formula is C15H24BrNOS. The van der Waals surface area contributed by atoms with Gasteiger partial charge in [0.05, 0.1) is 6.10 Å². The zero-order valence-electron chi connectivity index (χ0n) is 12.1. The summed E-state index contributed by atoms with van der Waals surface area (Å²) in [7, 11) is 0. The maximum absolute atomic E-state index is 9.57. The second-order valence-corrected chi connectivity index (χ2v) is 7.20. The fraction of sp³-hybridized carbons (Fsp3) is 0.600. The average Bonchev–Trinajstić information content (AvgIpc) is 2.37. The Kier molecular flexibility index (Phi) is 7.44. The molecule has 0 aliphatic heterocycles. The van der Waals surface area contributed by atoms with Crippen molar-refractivity contribution in [3.63, 3.8) is 0 Å². The number of aliphatic hydroxyl groups is 1. The van der Waals surface area contributed by atoms with E-state index in [0.717, 1.165) is 17.4 Å². The highest BCUT2D eigenvalue weighted by molar-refractivity contribution is 9.10. The van der Waals surface area contributed by atoms with Gasteiger partial charge in [-0.15, -0.1) is 11.8 Å². The summed E-state index contributed by atoms with van der Waals surface area (Å²) in [5.41, 5.74) is 1.29. The van der Waals surface area contributed by atoms with Gasteiger partial charge in [-0.2, -0.15) is 0 Å². The van der Waals surface area contributed by atoms with Crippen LogP contribution in [0.4, 0.5) is 0 Å². The van der Waals surface area contributed by atoms with Crippen LogP contribution in [0.1, 0.15) is 45.7 Å². The van der Waals surface area contributed by atoms with Crippen molar-refractivity contribution >= 4 is 27.7 Å². The minimum Gasteiger partial charge on any atom is -0.392 e. The van der Waals surface area contributed by atoms with E-state index in [9.17, 15) is 5.11 Å². The number of nitrogens with one attached hydrogen (secondary N) is 1. The van der Waals surface area contributed by atoms with Crippen LogP contribution in [-0.2, 0) is 0 Å². The molecule has 0 fully saturated rings. The maximum Gasteiger partial charge on any atom is 0.0631 e. The number of benzene rings is 1. The number of halogens is 1. The summed E-state index contributed by atoms with van der Waals surface area (Å²) < 4.78 is 1.10. The van der Waals surface area contributed by atoms with E-state index in [1.807, 2.05) is 13.8 Å². The lowest BCUT2D eigenvalue weighted by molar-refractivity contribution is 0.196. The van der Waals surface area contributed by atoms with E-state index in [0.29, 0.717) is 6.04 Å². The maximum atomic E-state index is 9.57. The summed E-state index contributed by atoms with van der Waals surface area (Å²) in [5.74, 6) is 0. The van der Waals surface area contributed by atoms with Crippen molar-refractivity contribution in [1.82, 2.24) is 5.32 Å². The minimum atomic E-state index is -0.304. The quantitative estimate of drug-likeness (QED) is 0.719. The third kappa shape index (κ3) is 5.46. The van der Waals surface area contributed by atoms with Gasteiger partial charge in [0.2, 0.25) is 0 Å². The molecule has 1 aromatic rings. The largest absolute Gasteiger partial charge is 0.392 e. The molecular weight excluding hydrogens is 322 g/mol. The van der Waals surface area contributed by atoms with Crippen LogP contribution in [0.2, 0.25) is 0 Å². The standard InChI is InChI=1S/C15H24BrNOS/c1-5-8-17-10(2)13-6-7-15(14(16)9-13)19-12(4)11(3)18/h6-7,9-12,17-18H,5,8H2,1-4H3. The van der Waals surface area contributed by atoms with Gasteiger partial charge in [0, 0.05) is 20.7 Å². The topological polar surface area (TPSA) is 32.3 Å². The monoisotopic (exact) mass is 345 g/mol. The van der Waals surface area contributed by atoms with E-state index in [-0.39, 0.29) is 11.4 Å². The lowest BCUT2D eigenvalue weighted by Gasteiger charge is -2.18. The Balaban J connectivity index is 2.74. The molecule has 0 aliphatic carbocycles. The summed E-state index contributed by atoms with van der Waals surface area (Å²) in [4.78, 5) is 1.18. The number of hydrogen-bond donors (Lipinski definition) is 2. The molecule has 0 saturated heterocycles. The molecule has 19 heavy (non-hydrogen) atoms. The first-order valence-electron chi connectivity index (χ1n) is 6.83. The van der Waals surface area contributed by atoms with Crippen LogP contribution < -0.4 is 5.32 Å². The Morgan fingerprint density at radius 3 is 2.53 bits per heavy atom. The highest BCUT2D eigenvalue weighted by Crippen LogP contribution is 2.33. The summed E-state index contributed by atoms with van der Waals surface area (Å²) in [6, 6.07) is 6.83. The van der Waals surface area contributed by atoms with Crippen molar-refractivity contribution in [2.45, 2.75) is 56.4 Å². The van der Waals surface area contributed by atoms with Crippen LogP contribution >= 0.6 is 27.7 Å². The normalized spacial score (nSPS) is 16.1. The predicted octanol–water partition coefficient (Wildman–Crippen LogP) is 4.37. The number of rotatable bonds is 7. The third-order valence-corrected chi connectivity index (χ3v) is 5.44. The van der Waals surface area contributed by atoms with E-state index in [2.05, 4.69) is 53.3 Å². The van der Waals surface area contributed by atoms with Crippen LogP contribution in [0.25, 0.3) is 0 Å². The molecule has 0 heterocycles. The first kappa shape index (κ1) is 17.0. The van der Waals surface area contributed by atoms with E-state index in [1.54, 1.807) is 11.8 Å². The van der Waals surface area contributed by atoms with Gasteiger partial charge in [-0.3, -0.25) is 0 Å². The summed E-state index contributed by atoms with van der Waals surface area (Å²) in [6.07, 6.45) is 0.840. The molecule has 0 aromatic heterocycles. The van der Waals surface area contributed by atoms with Gasteiger partial charge in [-0.25, -0.2) is 0 Å². The lowest BCUT2D eigenvalue weighted by atomic mass is 10.1. The molecule has 0 bridgehead atoms. The zero-order chi connectivity index (χ0) is 14.4. The fourth-order valence-electron chi connectivity index (χ4n) is 1.66. The van der Waals surface area contributed by atoms with E-state index >= 15 is 0 Å². The molecule has 0 radical (unpaired) electrons. The van der Waals surface area contributed by atoms with Gasteiger partial charge in [0.1, 0.15) is 0 Å². The smallest absolute Gasteiger partial charge is 0.0631 e. The Morgan fingerprint density at radius 2 is 2.00 bits per heavy atom. The SMILES string of the molecule is CCCNC(C)c1ccc(SC(C)C(C)O)c(Br)c1. The van der Waals surface area contributed by atoms with Crippen molar-refractivity contribution < 1.29 is 5.11 Å². The van der Waals surface area contributed by atoms with Crippen molar-refractivity contribution in [1.29, 1.82) is 0 Å². The molecule has 0 spiro atoms. The van der Waals surface area contributed by atoms with Crippen LogP contribution in [0.15, 0.2) is 27.6 Å². The van der Waals surface area contributed by atoms with Crippen molar-refractivity contribution in [2.24, 2.45) is 0 Å². The Morgan fingerprint density at radius 1 is 1.32 bits per heavy atom. The van der Waals surface area contributed by atoms with Crippen LogP contribution in [0, 0.1) is 0 Å². The molecule has 2 nitrogen and oxygen atoms in total. The van der Waals surface area contributed by atoms with Gasteiger partial charge in [0.15, 0.2) is 0 Å². The third-order valence-electron chi connectivity index (χ3n) is 3.15. The Labute approximate surface area is 129 Å². The van der Waals surface area contributed by atoms with Gasteiger partial charge in [-0.1, -0.05) is 19.9 Å². The first-order chi connectivity index (χ1) is 8.95. The van der Waals surface area contributed by atoms with Crippen molar-refractivity contribution in [3.8, 4) is 0 Å². The molecule has 1 rings (SSSR count). The fourth-order valence-corrected chi connectivity index (χ4v) is 3.25. The Bertz CT molecular complexity index is 398. The molecule has 2 N–H and O–H groups in total. The molecule has 4 heteroatoms. The van der Waals surface area contributed by atoms with Crippen LogP contribution in [-0.4, -0.2) is 23.0 Å². The molecule has 108 valence electrons. The number of aliphatic hydroxyl groups excluding tert-OH is 1. The van der Waals surface area contributed by atoms with Crippen LogP contribution in [0.5, 0.6) is 0 Å². The summed E-state index contributed by atoms with van der Waals surface area (Å²) >= 11 is 5.33. The predicted molar refractivity (Wildman–Crippen MR) is 87.9 cm³/mol. The van der Waals surface area contributed by atoms with E-state index < -0.39 is 0 Å². The molecule has 3 unspecified atom stereocenters. The highest BCUT2D eigenvalue weighted by Gasteiger charge is 2.13. The molecule has 3 atom stereocenters. The molecule has 0 aliphatic rings. The van der Waals surface area contributed by atoms with E-state index in [4.69, 9.17) is 0 Å². The number of thioether (sulfide) groups is 1. The van der Waals surface area contributed by atoms with Gasteiger partial charge >= 0.3 is 0 Å². The van der Waals surface area contributed by atoms with E-state index in [1.165, 1.54) is 10.5 Å². The highest BCUT2D eigenvalue weighted by atomic mass is 79.9.